The molecular weight excluding hydrogens is 156 g/mol. The van der Waals surface area contributed by atoms with Crippen molar-refractivity contribution in [3.63, 3.8) is 0 Å². The second-order valence-corrected chi connectivity index (χ2v) is 3.72. The lowest BCUT2D eigenvalue weighted by atomic mass is 9.89. The first-order valence-electron chi connectivity index (χ1n) is 3.86. The van der Waals surface area contributed by atoms with Crippen molar-refractivity contribution in [2.45, 2.75) is 27.2 Å². The van der Waals surface area contributed by atoms with Gasteiger partial charge >= 0.3 is 0 Å². The first kappa shape index (κ1) is 10.9. The molecule has 0 aromatic carbocycles. The molecule has 0 aromatic heterocycles. The minimum Gasteiger partial charge on any atom is -0.370 e. The number of carbonyl (C=O) groups is 2. The predicted octanol–water partition coefficient (Wildman–Crippen LogP) is 0.0241. The van der Waals surface area contributed by atoms with Crippen LogP contribution in [0, 0.1) is 5.41 Å². The van der Waals surface area contributed by atoms with Crippen LogP contribution in [0.1, 0.15) is 27.2 Å². The molecule has 70 valence electrons. The molecule has 3 N–H and O–H groups in total. The van der Waals surface area contributed by atoms with Crippen molar-refractivity contribution in [3.8, 4) is 0 Å². The highest BCUT2D eigenvalue weighted by Crippen LogP contribution is 2.17. The summed E-state index contributed by atoms with van der Waals surface area (Å²) in [6.45, 7) is 5.69. The molecule has 0 unspecified atom stereocenters. The maximum atomic E-state index is 10.6. The maximum Gasteiger partial charge on any atom is 0.218 e. The Kier molecular flexibility index (Phi) is 3.73. The first-order chi connectivity index (χ1) is 5.33. The Bertz CT molecular complexity index is 187. The number of nitrogens with two attached hydrogens (primary N) is 1. The molecule has 0 fully saturated rings. The van der Waals surface area contributed by atoms with Crippen LogP contribution in [0.25, 0.3) is 0 Å². The van der Waals surface area contributed by atoms with E-state index in [-0.39, 0.29) is 23.7 Å². The summed E-state index contributed by atoms with van der Waals surface area (Å²) >= 11 is 0. The third-order valence-corrected chi connectivity index (χ3v) is 1.47. The number of hydrogen-bond acceptors (Lipinski definition) is 2. The summed E-state index contributed by atoms with van der Waals surface area (Å²) in [6, 6.07) is 0. The highest BCUT2D eigenvalue weighted by Gasteiger charge is 2.20. The van der Waals surface area contributed by atoms with Crippen molar-refractivity contribution < 1.29 is 9.59 Å². The van der Waals surface area contributed by atoms with Crippen LogP contribution < -0.4 is 11.1 Å². The first-order valence-corrected chi connectivity index (χ1v) is 3.86. The molecule has 0 aliphatic rings. The van der Waals surface area contributed by atoms with E-state index in [1.54, 1.807) is 0 Å². The minimum atomic E-state index is -0.342. The second-order valence-electron chi connectivity index (χ2n) is 3.72. The summed E-state index contributed by atoms with van der Waals surface area (Å²) in [5.74, 6) is -0.433. The molecule has 0 saturated carbocycles. The van der Waals surface area contributed by atoms with Gasteiger partial charge in [-0.15, -0.1) is 0 Å². The molecule has 0 radical (unpaired) electrons. The number of carbonyl (C=O) groups excluding carboxylic acids is 2. The van der Waals surface area contributed by atoms with E-state index in [1.165, 1.54) is 6.92 Å². The van der Waals surface area contributed by atoms with Gasteiger partial charge in [-0.2, -0.15) is 0 Å². The molecule has 0 atom stereocenters. The lowest BCUT2D eigenvalue weighted by molar-refractivity contribution is -0.122. The maximum absolute atomic E-state index is 10.6. The Morgan fingerprint density at radius 3 is 2.25 bits per heavy atom. The van der Waals surface area contributed by atoms with Gasteiger partial charge < -0.3 is 11.1 Å². The molecule has 0 bridgehead atoms. The molecule has 0 aliphatic carbocycles. The number of nitrogens with one attached hydrogen (secondary N) is 1. The van der Waals surface area contributed by atoms with Gasteiger partial charge in [-0.05, 0) is 5.41 Å². The average Bonchev–Trinajstić information content (AvgIpc) is 1.81. The summed E-state index contributed by atoms with van der Waals surface area (Å²) in [5, 5.41) is 2.64. The summed E-state index contributed by atoms with van der Waals surface area (Å²) in [6.07, 6.45) is 0.285. The van der Waals surface area contributed by atoms with Gasteiger partial charge in [0, 0.05) is 19.9 Å². The monoisotopic (exact) mass is 172 g/mol. The van der Waals surface area contributed by atoms with Crippen LogP contribution in [0.15, 0.2) is 0 Å². The standard InChI is InChI=1S/C8H16N2O2/c1-6(11)10-5-8(2,3)4-7(9)12/h4-5H2,1-3H3,(H2,9,12)(H,10,11). The zero-order chi connectivity index (χ0) is 9.78. The number of amides is 2. The van der Waals surface area contributed by atoms with Gasteiger partial charge in [-0.25, -0.2) is 0 Å². The van der Waals surface area contributed by atoms with Crippen LogP contribution >= 0.6 is 0 Å². The predicted molar refractivity (Wildman–Crippen MR) is 46.3 cm³/mol. The molecule has 0 heterocycles. The normalized spacial score (nSPS) is 10.9. The Balaban J connectivity index is 3.86. The van der Waals surface area contributed by atoms with Crippen molar-refractivity contribution in [2.75, 3.05) is 6.54 Å². The highest BCUT2D eigenvalue weighted by molar-refractivity contribution is 5.75. The van der Waals surface area contributed by atoms with Crippen molar-refractivity contribution in [2.24, 2.45) is 11.1 Å². The van der Waals surface area contributed by atoms with E-state index in [0.29, 0.717) is 6.54 Å². The van der Waals surface area contributed by atoms with E-state index < -0.39 is 0 Å². The number of rotatable bonds is 4. The molecule has 2 amide bonds. The van der Waals surface area contributed by atoms with Crippen molar-refractivity contribution in [3.05, 3.63) is 0 Å². The topological polar surface area (TPSA) is 72.2 Å². The van der Waals surface area contributed by atoms with Gasteiger partial charge in [0.15, 0.2) is 0 Å². The molecule has 0 aromatic rings. The van der Waals surface area contributed by atoms with Crippen LogP contribution in [0.3, 0.4) is 0 Å². The quantitative estimate of drug-likeness (QED) is 0.627. The fraction of sp³-hybridized carbons (Fsp3) is 0.750. The van der Waals surface area contributed by atoms with Gasteiger partial charge in [-0.1, -0.05) is 13.8 Å². The van der Waals surface area contributed by atoms with E-state index in [1.807, 2.05) is 13.8 Å². The zero-order valence-electron chi connectivity index (χ0n) is 7.81. The fourth-order valence-electron chi connectivity index (χ4n) is 0.898. The summed E-state index contributed by atoms with van der Waals surface area (Å²) in [5.41, 5.74) is 4.78. The van der Waals surface area contributed by atoms with Crippen molar-refractivity contribution >= 4 is 11.8 Å². The van der Waals surface area contributed by atoms with E-state index in [0.717, 1.165) is 0 Å². The summed E-state index contributed by atoms with van der Waals surface area (Å²) in [7, 11) is 0. The molecule has 0 spiro atoms. The molecule has 4 heteroatoms. The molecule has 0 saturated heterocycles. The third-order valence-electron chi connectivity index (χ3n) is 1.47. The van der Waals surface area contributed by atoms with E-state index in [4.69, 9.17) is 5.73 Å². The average molecular weight is 172 g/mol. The van der Waals surface area contributed by atoms with Crippen LogP contribution in [0.4, 0.5) is 0 Å². The Hall–Kier alpha value is -1.06. The van der Waals surface area contributed by atoms with Crippen LogP contribution in [-0.2, 0) is 9.59 Å². The number of hydrogen-bond donors (Lipinski definition) is 2. The van der Waals surface area contributed by atoms with Crippen LogP contribution in [0.5, 0.6) is 0 Å². The molecule has 12 heavy (non-hydrogen) atoms. The van der Waals surface area contributed by atoms with E-state index in [2.05, 4.69) is 5.32 Å². The molecule has 4 nitrogen and oxygen atoms in total. The van der Waals surface area contributed by atoms with Gasteiger partial charge in [0.05, 0.1) is 0 Å². The van der Waals surface area contributed by atoms with E-state index >= 15 is 0 Å². The highest BCUT2D eigenvalue weighted by atomic mass is 16.1. The third kappa shape index (κ3) is 5.70. The smallest absolute Gasteiger partial charge is 0.218 e. The SMILES string of the molecule is CC(=O)NCC(C)(C)CC(N)=O. The Labute approximate surface area is 72.5 Å². The van der Waals surface area contributed by atoms with Gasteiger partial charge in [0.2, 0.25) is 11.8 Å². The van der Waals surface area contributed by atoms with Crippen molar-refractivity contribution in [1.82, 2.24) is 5.32 Å². The summed E-state index contributed by atoms with van der Waals surface area (Å²) in [4.78, 5) is 21.1. The largest absolute Gasteiger partial charge is 0.370 e. The zero-order valence-corrected chi connectivity index (χ0v) is 7.81. The second kappa shape index (κ2) is 4.09. The van der Waals surface area contributed by atoms with Crippen molar-refractivity contribution in [1.29, 1.82) is 0 Å². The lowest BCUT2D eigenvalue weighted by Gasteiger charge is -2.22. The lowest BCUT2D eigenvalue weighted by Crippen LogP contribution is -2.35. The Morgan fingerprint density at radius 2 is 1.92 bits per heavy atom. The molecular formula is C8H16N2O2. The van der Waals surface area contributed by atoms with Crippen LogP contribution in [-0.4, -0.2) is 18.4 Å². The molecule has 0 rings (SSSR count). The van der Waals surface area contributed by atoms with Gasteiger partial charge in [-0.3, -0.25) is 9.59 Å². The van der Waals surface area contributed by atoms with Gasteiger partial charge in [0.1, 0.15) is 0 Å². The fourth-order valence-corrected chi connectivity index (χ4v) is 0.898. The number of primary amides is 1. The minimum absolute atomic E-state index is 0.0902. The Morgan fingerprint density at radius 1 is 1.42 bits per heavy atom. The molecule has 0 aliphatic heterocycles. The van der Waals surface area contributed by atoms with Gasteiger partial charge in [0.25, 0.3) is 0 Å². The summed E-state index contributed by atoms with van der Waals surface area (Å²) < 4.78 is 0. The van der Waals surface area contributed by atoms with E-state index in [9.17, 15) is 9.59 Å². The van der Waals surface area contributed by atoms with Crippen LogP contribution in [0.2, 0.25) is 0 Å².